The lowest BCUT2D eigenvalue weighted by molar-refractivity contribution is 0.0559. The van der Waals surface area contributed by atoms with Crippen molar-refractivity contribution >= 4 is 5.82 Å². The second-order valence-electron chi connectivity index (χ2n) is 7.31. The van der Waals surface area contributed by atoms with Crippen LogP contribution in [0.1, 0.15) is 55.2 Å². The molecular weight excluding hydrogens is 316 g/mol. The standard InChI is InChI=1S/C18H22N6O/c1-12(2)24-10-16(21-22-24)18(25)6-7-23(11-18)17-14(9-19)8-13-4-3-5-15(13)20-17/h8,10,12,25H,3-7,11H2,1-2H3/t18-/m0/s1. The first-order chi connectivity index (χ1) is 12.0. The molecule has 0 bridgehead atoms. The van der Waals surface area contributed by atoms with Crippen LogP contribution in [-0.2, 0) is 18.4 Å². The predicted octanol–water partition coefficient (Wildman–Crippen LogP) is 1.71. The molecule has 2 aliphatic rings. The summed E-state index contributed by atoms with van der Waals surface area (Å²) < 4.78 is 1.75. The summed E-state index contributed by atoms with van der Waals surface area (Å²) in [6.45, 7) is 5.07. The van der Waals surface area contributed by atoms with E-state index >= 15 is 0 Å². The number of fused-ring (bicyclic) bond motifs is 1. The topological polar surface area (TPSA) is 90.9 Å². The average Bonchev–Trinajstić information content (AvgIpc) is 3.32. The Morgan fingerprint density at radius 1 is 1.36 bits per heavy atom. The molecular formula is C18H22N6O. The molecule has 1 atom stereocenters. The Bertz CT molecular complexity index is 852. The van der Waals surface area contributed by atoms with Crippen LogP contribution in [0.3, 0.4) is 0 Å². The summed E-state index contributed by atoms with van der Waals surface area (Å²) in [4.78, 5) is 6.76. The van der Waals surface area contributed by atoms with Crippen LogP contribution < -0.4 is 4.90 Å². The Morgan fingerprint density at radius 2 is 2.20 bits per heavy atom. The summed E-state index contributed by atoms with van der Waals surface area (Å²) in [5.74, 6) is 0.690. The second kappa shape index (κ2) is 5.81. The zero-order valence-corrected chi connectivity index (χ0v) is 14.6. The molecule has 4 rings (SSSR count). The Balaban J connectivity index is 1.63. The quantitative estimate of drug-likeness (QED) is 0.916. The van der Waals surface area contributed by atoms with Crippen LogP contribution in [-0.4, -0.2) is 38.2 Å². The van der Waals surface area contributed by atoms with Gasteiger partial charge in [-0.05, 0) is 44.7 Å². The summed E-state index contributed by atoms with van der Waals surface area (Å²) in [7, 11) is 0. The number of β-amino-alcohol motifs (C(OH)–C–C–N with tert-alkyl or cyclic N) is 1. The van der Waals surface area contributed by atoms with Crippen LogP contribution in [0, 0.1) is 11.3 Å². The molecule has 1 N–H and O–H groups in total. The smallest absolute Gasteiger partial charge is 0.146 e. The molecule has 1 fully saturated rings. The molecule has 1 aliphatic heterocycles. The number of hydrogen-bond donors (Lipinski definition) is 1. The lowest BCUT2D eigenvalue weighted by atomic mass is 10.00. The van der Waals surface area contributed by atoms with Crippen molar-refractivity contribution < 1.29 is 5.11 Å². The maximum Gasteiger partial charge on any atom is 0.146 e. The Labute approximate surface area is 146 Å². The third kappa shape index (κ3) is 2.67. The van der Waals surface area contributed by atoms with Gasteiger partial charge in [0.1, 0.15) is 23.2 Å². The monoisotopic (exact) mass is 338 g/mol. The van der Waals surface area contributed by atoms with Gasteiger partial charge in [0.2, 0.25) is 0 Å². The number of pyridine rings is 1. The minimum atomic E-state index is -1.06. The van der Waals surface area contributed by atoms with Gasteiger partial charge in [-0.1, -0.05) is 5.21 Å². The highest BCUT2D eigenvalue weighted by Gasteiger charge is 2.41. The molecule has 1 saturated heterocycles. The fourth-order valence-electron chi connectivity index (χ4n) is 3.71. The number of nitriles is 1. The van der Waals surface area contributed by atoms with E-state index in [-0.39, 0.29) is 6.04 Å². The van der Waals surface area contributed by atoms with Crippen molar-refractivity contribution in [1.82, 2.24) is 20.0 Å². The molecule has 2 aromatic heterocycles. The molecule has 0 amide bonds. The summed E-state index contributed by atoms with van der Waals surface area (Å²) in [5, 5.41) is 28.9. The molecule has 0 saturated carbocycles. The first-order valence-electron chi connectivity index (χ1n) is 8.83. The van der Waals surface area contributed by atoms with Gasteiger partial charge in [-0.25, -0.2) is 9.67 Å². The first-order valence-corrected chi connectivity index (χ1v) is 8.83. The summed E-state index contributed by atoms with van der Waals surface area (Å²) in [5.41, 5.74) is 2.41. The van der Waals surface area contributed by atoms with Crippen LogP contribution in [0.2, 0.25) is 0 Å². The molecule has 0 unspecified atom stereocenters. The predicted molar refractivity (Wildman–Crippen MR) is 92.1 cm³/mol. The van der Waals surface area contributed by atoms with Gasteiger partial charge < -0.3 is 10.0 Å². The van der Waals surface area contributed by atoms with Crippen molar-refractivity contribution in [3.05, 3.63) is 34.8 Å². The Kier molecular flexibility index (Phi) is 3.73. The number of aryl methyl sites for hydroxylation is 2. The van der Waals surface area contributed by atoms with E-state index in [0.29, 0.717) is 36.6 Å². The van der Waals surface area contributed by atoms with Crippen LogP contribution in [0.25, 0.3) is 0 Å². The van der Waals surface area contributed by atoms with Crippen molar-refractivity contribution in [2.45, 2.75) is 51.2 Å². The third-order valence-electron chi connectivity index (χ3n) is 5.21. The molecule has 130 valence electrons. The molecule has 2 aromatic rings. The van der Waals surface area contributed by atoms with Gasteiger partial charge in [0.15, 0.2) is 0 Å². The molecule has 0 radical (unpaired) electrons. The normalized spacial score (nSPS) is 22.4. The Hall–Kier alpha value is -2.46. The SMILES string of the molecule is CC(C)n1cc([C@]2(O)CCN(c3nc4c(cc3C#N)CCC4)C2)nn1. The van der Waals surface area contributed by atoms with Gasteiger partial charge in [-0.3, -0.25) is 0 Å². The zero-order chi connectivity index (χ0) is 17.6. The van der Waals surface area contributed by atoms with Crippen LogP contribution >= 0.6 is 0 Å². The minimum Gasteiger partial charge on any atom is -0.381 e. The van der Waals surface area contributed by atoms with E-state index in [4.69, 9.17) is 4.98 Å². The van der Waals surface area contributed by atoms with Crippen molar-refractivity contribution in [3.8, 4) is 6.07 Å². The molecule has 7 heteroatoms. The van der Waals surface area contributed by atoms with Gasteiger partial charge in [0.05, 0.1) is 18.3 Å². The molecule has 7 nitrogen and oxygen atoms in total. The van der Waals surface area contributed by atoms with E-state index < -0.39 is 5.60 Å². The lowest BCUT2D eigenvalue weighted by Crippen LogP contribution is -2.32. The van der Waals surface area contributed by atoms with Gasteiger partial charge in [0.25, 0.3) is 0 Å². The number of anilines is 1. The first kappa shape index (κ1) is 16.0. The largest absolute Gasteiger partial charge is 0.381 e. The summed E-state index contributed by atoms with van der Waals surface area (Å²) in [6, 6.07) is 4.44. The second-order valence-corrected chi connectivity index (χ2v) is 7.31. The highest BCUT2D eigenvalue weighted by Crippen LogP contribution is 2.35. The van der Waals surface area contributed by atoms with E-state index in [1.54, 1.807) is 4.68 Å². The fourth-order valence-corrected chi connectivity index (χ4v) is 3.71. The number of aromatic nitrogens is 4. The number of nitrogens with zero attached hydrogens (tertiary/aromatic N) is 6. The van der Waals surface area contributed by atoms with Crippen molar-refractivity contribution in [1.29, 1.82) is 5.26 Å². The van der Waals surface area contributed by atoms with E-state index in [0.717, 1.165) is 25.0 Å². The van der Waals surface area contributed by atoms with Gasteiger partial charge in [-0.15, -0.1) is 5.10 Å². The van der Waals surface area contributed by atoms with Crippen molar-refractivity contribution in [3.63, 3.8) is 0 Å². The van der Waals surface area contributed by atoms with Crippen LogP contribution in [0.5, 0.6) is 0 Å². The minimum absolute atomic E-state index is 0.200. The molecule has 0 spiro atoms. The number of rotatable bonds is 3. The summed E-state index contributed by atoms with van der Waals surface area (Å²) in [6.07, 6.45) is 5.43. The van der Waals surface area contributed by atoms with Gasteiger partial charge >= 0.3 is 0 Å². The molecule has 0 aromatic carbocycles. The molecule has 25 heavy (non-hydrogen) atoms. The zero-order valence-electron chi connectivity index (χ0n) is 14.6. The maximum absolute atomic E-state index is 11.1. The van der Waals surface area contributed by atoms with Crippen molar-refractivity contribution in [2.24, 2.45) is 0 Å². The van der Waals surface area contributed by atoms with Gasteiger partial charge in [0, 0.05) is 24.7 Å². The molecule has 3 heterocycles. The maximum atomic E-state index is 11.1. The highest BCUT2D eigenvalue weighted by atomic mass is 16.3. The van der Waals surface area contributed by atoms with E-state index in [1.165, 1.54) is 5.56 Å². The molecule has 1 aliphatic carbocycles. The highest BCUT2D eigenvalue weighted by molar-refractivity contribution is 5.58. The number of aliphatic hydroxyl groups is 1. The fraction of sp³-hybridized carbons (Fsp3) is 0.556. The van der Waals surface area contributed by atoms with Gasteiger partial charge in [-0.2, -0.15) is 5.26 Å². The van der Waals surface area contributed by atoms with Crippen molar-refractivity contribution in [2.75, 3.05) is 18.0 Å². The van der Waals surface area contributed by atoms with Crippen LogP contribution in [0.15, 0.2) is 12.3 Å². The summed E-state index contributed by atoms with van der Waals surface area (Å²) >= 11 is 0. The Morgan fingerprint density at radius 3 is 2.92 bits per heavy atom. The third-order valence-corrected chi connectivity index (χ3v) is 5.21. The lowest BCUT2D eigenvalue weighted by Gasteiger charge is -2.23. The number of hydrogen-bond acceptors (Lipinski definition) is 6. The van der Waals surface area contributed by atoms with Crippen LogP contribution in [0.4, 0.5) is 5.82 Å². The average molecular weight is 338 g/mol. The van der Waals surface area contributed by atoms with E-state index in [9.17, 15) is 10.4 Å². The van der Waals surface area contributed by atoms with E-state index in [2.05, 4.69) is 16.4 Å². The van der Waals surface area contributed by atoms with E-state index in [1.807, 2.05) is 31.0 Å².